The van der Waals surface area contributed by atoms with Gasteiger partial charge in [-0.1, -0.05) is 53.5 Å². The Kier molecular flexibility index (Phi) is 8.76. The van der Waals surface area contributed by atoms with Crippen molar-refractivity contribution in [2.75, 3.05) is 7.05 Å². The van der Waals surface area contributed by atoms with Gasteiger partial charge in [0.05, 0.1) is 5.02 Å². The molecule has 0 spiro atoms. The highest BCUT2D eigenvalue weighted by Crippen LogP contribution is 2.42. The molecule has 0 aliphatic rings. The van der Waals surface area contributed by atoms with Crippen molar-refractivity contribution in [1.29, 1.82) is 0 Å². The van der Waals surface area contributed by atoms with Gasteiger partial charge in [0, 0.05) is 40.2 Å². The summed E-state index contributed by atoms with van der Waals surface area (Å²) in [6.07, 6.45) is 0. The van der Waals surface area contributed by atoms with E-state index < -0.39 is 0 Å². The van der Waals surface area contributed by atoms with Crippen molar-refractivity contribution < 1.29 is 14.3 Å². The first-order valence-electron chi connectivity index (χ1n) is 9.84. The average molecular weight is 525 g/mol. The molecule has 1 aromatic heterocycles. The summed E-state index contributed by atoms with van der Waals surface area (Å²) in [6, 6.07) is 19.9. The molecule has 0 saturated heterocycles. The predicted octanol–water partition coefficient (Wildman–Crippen LogP) is 8.35. The highest BCUT2D eigenvalue weighted by atomic mass is 35.5. The van der Waals surface area contributed by atoms with Gasteiger partial charge in [-0.25, -0.2) is 4.39 Å². The number of ether oxygens (including phenoxy) is 1. The van der Waals surface area contributed by atoms with E-state index in [0.29, 0.717) is 27.9 Å². The molecular formula is C25H21Cl3FNO2S. The SMILES string of the molecule is CN(O)Cc1ccc(-c2sccc2-c2cc(Cl)ccc2OCc2ccc(F)cc2Cl)cc1.Cl. The van der Waals surface area contributed by atoms with Crippen molar-refractivity contribution in [1.82, 2.24) is 5.06 Å². The molecule has 3 nitrogen and oxygen atoms in total. The van der Waals surface area contributed by atoms with Crippen molar-refractivity contribution in [3.8, 4) is 27.3 Å². The summed E-state index contributed by atoms with van der Waals surface area (Å²) in [6.45, 7) is 0.659. The predicted molar refractivity (Wildman–Crippen MR) is 136 cm³/mol. The molecule has 1 heterocycles. The summed E-state index contributed by atoms with van der Waals surface area (Å²) in [5.74, 6) is 0.276. The summed E-state index contributed by atoms with van der Waals surface area (Å²) in [4.78, 5) is 1.08. The molecule has 0 radical (unpaired) electrons. The molecule has 0 fully saturated rings. The maximum absolute atomic E-state index is 13.3. The highest BCUT2D eigenvalue weighted by molar-refractivity contribution is 7.14. The second kappa shape index (κ2) is 11.3. The number of halogens is 4. The maximum atomic E-state index is 13.3. The Bertz CT molecular complexity index is 1230. The Morgan fingerprint density at radius 3 is 2.42 bits per heavy atom. The monoisotopic (exact) mass is 523 g/mol. The molecule has 172 valence electrons. The third-order valence-corrected chi connectivity index (χ3v) is 6.47. The number of nitrogens with zero attached hydrogens (tertiary/aromatic N) is 1. The van der Waals surface area contributed by atoms with Crippen molar-refractivity contribution in [2.24, 2.45) is 0 Å². The largest absolute Gasteiger partial charge is 0.488 e. The van der Waals surface area contributed by atoms with Crippen LogP contribution in [0.1, 0.15) is 11.1 Å². The summed E-state index contributed by atoms with van der Waals surface area (Å²) < 4.78 is 19.4. The first kappa shape index (κ1) is 25.5. The van der Waals surface area contributed by atoms with Crippen molar-refractivity contribution in [2.45, 2.75) is 13.2 Å². The summed E-state index contributed by atoms with van der Waals surface area (Å²) in [7, 11) is 1.62. The topological polar surface area (TPSA) is 32.7 Å². The third-order valence-electron chi connectivity index (χ3n) is 4.92. The van der Waals surface area contributed by atoms with E-state index in [9.17, 15) is 9.60 Å². The minimum Gasteiger partial charge on any atom is -0.488 e. The average Bonchev–Trinajstić information content (AvgIpc) is 3.24. The van der Waals surface area contributed by atoms with E-state index in [1.54, 1.807) is 30.5 Å². The van der Waals surface area contributed by atoms with Crippen LogP contribution in [0.15, 0.2) is 72.1 Å². The molecule has 0 aliphatic carbocycles. The molecular weight excluding hydrogens is 504 g/mol. The number of rotatable bonds is 7. The van der Waals surface area contributed by atoms with Crippen LogP contribution in [0.3, 0.4) is 0 Å². The normalized spacial score (nSPS) is 10.8. The van der Waals surface area contributed by atoms with Gasteiger partial charge < -0.3 is 9.94 Å². The van der Waals surface area contributed by atoms with E-state index in [1.807, 2.05) is 47.8 Å². The first-order valence-corrected chi connectivity index (χ1v) is 11.5. The van der Waals surface area contributed by atoms with E-state index >= 15 is 0 Å². The fourth-order valence-corrected chi connectivity index (χ4v) is 4.71. The van der Waals surface area contributed by atoms with Gasteiger partial charge in [-0.15, -0.1) is 23.7 Å². The zero-order chi connectivity index (χ0) is 22.7. The minimum atomic E-state index is -0.384. The van der Waals surface area contributed by atoms with E-state index in [1.165, 1.54) is 12.1 Å². The fourth-order valence-electron chi connectivity index (χ4n) is 3.40. The Morgan fingerprint density at radius 1 is 0.970 bits per heavy atom. The van der Waals surface area contributed by atoms with Gasteiger partial charge in [0.1, 0.15) is 18.2 Å². The van der Waals surface area contributed by atoms with Gasteiger partial charge in [-0.2, -0.15) is 5.06 Å². The quantitative estimate of drug-likeness (QED) is 0.247. The van der Waals surface area contributed by atoms with Gasteiger partial charge in [-0.3, -0.25) is 0 Å². The highest BCUT2D eigenvalue weighted by Gasteiger charge is 2.15. The van der Waals surface area contributed by atoms with Crippen LogP contribution in [0.5, 0.6) is 5.75 Å². The van der Waals surface area contributed by atoms with Crippen molar-refractivity contribution in [3.63, 3.8) is 0 Å². The van der Waals surface area contributed by atoms with Crippen LogP contribution >= 0.6 is 46.9 Å². The maximum Gasteiger partial charge on any atom is 0.127 e. The van der Waals surface area contributed by atoms with Crippen molar-refractivity contribution in [3.05, 3.63) is 99.1 Å². The van der Waals surface area contributed by atoms with Crippen LogP contribution in [0, 0.1) is 5.82 Å². The number of hydrogen-bond acceptors (Lipinski definition) is 4. The van der Waals surface area contributed by atoms with Crippen LogP contribution in [-0.2, 0) is 13.2 Å². The van der Waals surface area contributed by atoms with E-state index in [-0.39, 0.29) is 24.8 Å². The van der Waals surface area contributed by atoms with Gasteiger partial charge in [0.15, 0.2) is 0 Å². The van der Waals surface area contributed by atoms with Crippen LogP contribution < -0.4 is 4.74 Å². The number of thiophene rings is 1. The Morgan fingerprint density at radius 2 is 1.73 bits per heavy atom. The second-order valence-corrected chi connectivity index (χ2v) is 9.10. The van der Waals surface area contributed by atoms with E-state index in [4.69, 9.17) is 27.9 Å². The number of benzene rings is 3. The molecule has 1 N–H and O–H groups in total. The molecule has 0 aliphatic heterocycles. The fraction of sp³-hybridized carbons (Fsp3) is 0.120. The molecule has 8 heteroatoms. The van der Waals surface area contributed by atoms with Gasteiger partial charge in [0.2, 0.25) is 0 Å². The minimum absolute atomic E-state index is 0. The lowest BCUT2D eigenvalue weighted by molar-refractivity contribution is -0.0731. The van der Waals surface area contributed by atoms with Gasteiger partial charge in [0.25, 0.3) is 0 Å². The van der Waals surface area contributed by atoms with Gasteiger partial charge in [-0.05, 0) is 52.9 Å². The van der Waals surface area contributed by atoms with Gasteiger partial charge >= 0.3 is 0 Å². The molecule has 0 saturated carbocycles. The summed E-state index contributed by atoms with van der Waals surface area (Å²) >= 11 is 14.1. The molecule has 33 heavy (non-hydrogen) atoms. The molecule has 0 bridgehead atoms. The standard InChI is InChI=1S/C25H20Cl2FNO2S.ClH/c1-29(30)14-16-2-4-17(5-3-16)25-21(10-11-32-25)22-12-19(26)7-9-24(22)31-15-18-6-8-20(28)13-23(18)27;/h2-13,30H,14-15H2,1H3;1H. The lowest BCUT2D eigenvalue weighted by atomic mass is 10.0. The first-order chi connectivity index (χ1) is 15.4. The van der Waals surface area contributed by atoms with Crippen LogP contribution in [-0.4, -0.2) is 17.3 Å². The molecule has 4 aromatic rings. The van der Waals surface area contributed by atoms with E-state index in [0.717, 1.165) is 32.2 Å². The number of hydrogen-bond donors (Lipinski definition) is 1. The zero-order valence-corrected chi connectivity index (χ0v) is 20.7. The van der Waals surface area contributed by atoms with Crippen molar-refractivity contribution >= 4 is 46.9 Å². The Labute approximate surface area is 212 Å². The van der Waals surface area contributed by atoms with E-state index in [2.05, 4.69) is 0 Å². The third kappa shape index (κ3) is 6.27. The Hall–Kier alpha value is -2.12. The van der Waals surface area contributed by atoms with Crippen LogP contribution in [0.25, 0.3) is 21.6 Å². The molecule has 0 amide bonds. The summed E-state index contributed by atoms with van der Waals surface area (Å²) in [5.41, 5.74) is 4.64. The van der Waals surface area contributed by atoms with Crippen LogP contribution in [0.2, 0.25) is 10.0 Å². The van der Waals surface area contributed by atoms with Crippen LogP contribution in [0.4, 0.5) is 4.39 Å². The number of hydroxylamine groups is 2. The molecule has 0 unspecified atom stereocenters. The molecule has 3 aromatic carbocycles. The summed E-state index contributed by atoms with van der Waals surface area (Å²) in [5, 5.41) is 13.6. The zero-order valence-electron chi connectivity index (χ0n) is 17.6. The molecule has 0 atom stereocenters. The lowest BCUT2D eigenvalue weighted by Gasteiger charge is -2.14. The Balaban J connectivity index is 0.00000306. The lowest BCUT2D eigenvalue weighted by Crippen LogP contribution is -2.11. The molecule has 4 rings (SSSR count). The smallest absolute Gasteiger partial charge is 0.127 e. The second-order valence-electron chi connectivity index (χ2n) is 7.34.